The van der Waals surface area contributed by atoms with E-state index in [1.807, 2.05) is 0 Å². The van der Waals surface area contributed by atoms with E-state index in [1.54, 1.807) is 18.2 Å². The summed E-state index contributed by atoms with van der Waals surface area (Å²) >= 11 is 0. The van der Waals surface area contributed by atoms with Crippen LogP contribution in [0.3, 0.4) is 0 Å². The van der Waals surface area contributed by atoms with Gasteiger partial charge in [0.05, 0.1) is 44.7 Å². The highest BCUT2D eigenvalue weighted by molar-refractivity contribution is 5.94. The van der Waals surface area contributed by atoms with Crippen molar-refractivity contribution in [2.75, 3.05) is 32.8 Å². The second-order valence-corrected chi connectivity index (χ2v) is 7.92. The molecule has 0 radical (unpaired) electrons. The van der Waals surface area contributed by atoms with E-state index < -0.39 is 48.1 Å². The molecule has 4 atom stereocenters. The summed E-state index contributed by atoms with van der Waals surface area (Å²) < 4.78 is 65.4. The number of hydrogen-bond acceptors (Lipinski definition) is 7. The topological polar surface area (TPSA) is 104 Å². The lowest BCUT2D eigenvalue weighted by Gasteiger charge is -2.18. The van der Waals surface area contributed by atoms with E-state index in [2.05, 4.69) is 10.6 Å². The van der Waals surface area contributed by atoms with Crippen LogP contribution in [-0.2, 0) is 20.4 Å². The molecular formula is C23H23F3N2O7. The van der Waals surface area contributed by atoms with Crippen LogP contribution in [0.2, 0.25) is 0 Å². The Morgan fingerprint density at radius 1 is 0.943 bits per heavy atom. The van der Waals surface area contributed by atoms with Gasteiger partial charge in [-0.05, 0) is 24.3 Å². The lowest BCUT2D eigenvalue weighted by atomic mass is 10.1. The van der Waals surface area contributed by atoms with E-state index in [4.69, 9.17) is 23.7 Å². The summed E-state index contributed by atoms with van der Waals surface area (Å²) in [4.78, 5) is 24.9. The molecule has 0 spiro atoms. The third-order valence-corrected chi connectivity index (χ3v) is 5.66. The van der Waals surface area contributed by atoms with Gasteiger partial charge in [-0.25, -0.2) is 4.79 Å². The lowest BCUT2D eigenvalue weighted by molar-refractivity contribution is -0.137. The highest BCUT2D eigenvalue weighted by Crippen LogP contribution is 2.31. The number of carbonyl (C=O) groups is 2. The number of amides is 2. The number of alkyl halides is 3. The van der Waals surface area contributed by atoms with E-state index in [0.29, 0.717) is 17.2 Å². The van der Waals surface area contributed by atoms with E-state index >= 15 is 0 Å². The second-order valence-electron chi connectivity index (χ2n) is 7.92. The van der Waals surface area contributed by atoms with Gasteiger partial charge >= 0.3 is 12.3 Å². The van der Waals surface area contributed by atoms with Crippen LogP contribution in [0, 0.1) is 0 Å². The summed E-state index contributed by atoms with van der Waals surface area (Å²) in [6.07, 6.45) is -7.14. The van der Waals surface area contributed by atoms with Crippen molar-refractivity contribution in [3.63, 3.8) is 0 Å². The van der Waals surface area contributed by atoms with Gasteiger partial charge in [0, 0.05) is 23.8 Å². The standard InChI is InChI=1S/C23H23F3N2O7/c1-31-15-7-14(8-16(9-15)32-2)27-22(30)35-18-11-34-19-17(10-33-20(18)19)28-21(29)12-3-5-13(6-4-12)23(24,25)26/h3-9,17-20H,10-11H2,1-2H3,(H,27,30)(H,28,29)/t17-,18+,19+,20+/m0/s1. The van der Waals surface area contributed by atoms with Gasteiger partial charge in [-0.1, -0.05) is 0 Å². The molecule has 0 bridgehead atoms. The summed E-state index contributed by atoms with van der Waals surface area (Å²) in [5, 5.41) is 5.31. The molecule has 2 fully saturated rings. The zero-order valence-corrected chi connectivity index (χ0v) is 18.8. The van der Waals surface area contributed by atoms with Crippen LogP contribution in [0.15, 0.2) is 42.5 Å². The monoisotopic (exact) mass is 496 g/mol. The number of ether oxygens (including phenoxy) is 5. The number of nitrogens with one attached hydrogen (secondary N) is 2. The number of halogens is 3. The minimum Gasteiger partial charge on any atom is -0.497 e. The Morgan fingerprint density at radius 3 is 2.17 bits per heavy atom. The van der Waals surface area contributed by atoms with Crippen LogP contribution in [0.1, 0.15) is 15.9 Å². The van der Waals surface area contributed by atoms with Gasteiger partial charge in [0.15, 0.2) is 6.10 Å². The normalized spacial score (nSPS) is 23.3. The highest BCUT2D eigenvalue weighted by Gasteiger charge is 2.50. The van der Waals surface area contributed by atoms with Crippen molar-refractivity contribution in [1.29, 1.82) is 0 Å². The van der Waals surface area contributed by atoms with Crippen molar-refractivity contribution >= 4 is 17.7 Å². The van der Waals surface area contributed by atoms with E-state index in [0.717, 1.165) is 24.3 Å². The summed E-state index contributed by atoms with van der Waals surface area (Å²) in [6, 6.07) is 8.17. The summed E-state index contributed by atoms with van der Waals surface area (Å²) in [5.74, 6) is 0.398. The van der Waals surface area contributed by atoms with Crippen LogP contribution in [0.5, 0.6) is 11.5 Å². The number of carbonyl (C=O) groups excluding carboxylic acids is 2. The van der Waals surface area contributed by atoms with Crippen molar-refractivity contribution in [3.8, 4) is 11.5 Å². The molecule has 2 heterocycles. The molecule has 9 nitrogen and oxygen atoms in total. The number of anilines is 1. The van der Waals surface area contributed by atoms with Crippen molar-refractivity contribution in [2.45, 2.75) is 30.5 Å². The SMILES string of the molecule is COc1cc(NC(=O)O[C@@H]2CO[C@H]3[C@@H]2OC[C@@H]3NC(=O)c2ccc(C(F)(F)F)cc2)cc(OC)c1. The van der Waals surface area contributed by atoms with Crippen molar-refractivity contribution in [2.24, 2.45) is 0 Å². The summed E-state index contributed by atoms with van der Waals surface area (Å²) in [6.45, 7) is 0.146. The average molecular weight is 496 g/mol. The Kier molecular flexibility index (Phi) is 7.03. The van der Waals surface area contributed by atoms with Crippen molar-refractivity contribution in [1.82, 2.24) is 5.32 Å². The Labute approximate surface area is 198 Å². The molecule has 35 heavy (non-hydrogen) atoms. The molecule has 2 aromatic carbocycles. The Balaban J connectivity index is 1.32. The Morgan fingerprint density at radius 2 is 1.57 bits per heavy atom. The highest BCUT2D eigenvalue weighted by atomic mass is 19.4. The van der Waals surface area contributed by atoms with Crippen LogP contribution >= 0.6 is 0 Å². The van der Waals surface area contributed by atoms with Gasteiger partial charge in [-0.3, -0.25) is 10.1 Å². The van der Waals surface area contributed by atoms with Crippen molar-refractivity contribution in [3.05, 3.63) is 53.6 Å². The molecule has 2 saturated heterocycles. The molecule has 2 aliphatic rings. The maximum absolute atomic E-state index is 12.7. The predicted molar refractivity (Wildman–Crippen MR) is 116 cm³/mol. The molecule has 2 aliphatic heterocycles. The molecule has 12 heteroatoms. The summed E-state index contributed by atoms with van der Waals surface area (Å²) in [7, 11) is 2.97. The molecule has 2 amide bonds. The third-order valence-electron chi connectivity index (χ3n) is 5.66. The molecule has 188 valence electrons. The molecule has 0 unspecified atom stereocenters. The van der Waals surface area contributed by atoms with Gasteiger partial charge in [0.25, 0.3) is 5.91 Å². The quantitative estimate of drug-likeness (QED) is 0.633. The first-order valence-corrected chi connectivity index (χ1v) is 10.6. The van der Waals surface area contributed by atoms with Gasteiger partial charge < -0.3 is 29.0 Å². The van der Waals surface area contributed by atoms with Crippen LogP contribution in [-0.4, -0.2) is 63.8 Å². The fourth-order valence-electron chi connectivity index (χ4n) is 3.92. The molecule has 4 rings (SSSR count). The third kappa shape index (κ3) is 5.60. The van der Waals surface area contributed by atoms with Gasteiger partial charge in [-0.2, -0.15) is 13.2 Å². The fourth-order valence-corrected chi connectivity index (χ4v) is 3.92. The number of benzene rings is 2. The zero-order valence-electron chi connectivity index (χ0n) is 18.8. The minimum absolute atomic E-state index is 0.0524. The van der Waals surface area contributed by atoms with Crippen LogP contribution < -0.4 is 20.1 Å². The number of hydrogen-bond donors (Lipinski definition) is 2. The smallest absolute Gasteiger partial charge is 0.416 e. The largest absolute Gasteiger partial charge is 0.497 e. The first-order valence-electron chi connectivity index (χ1n) is 10.6. The van der Waals surface area contributed by atoms with E-state index in [-0.39, 0.29) is 18.8 Å². The van der Waals surface area contributed by atoms with Gasteiger partial charge in [0.1, 0.15) is 23.7 Å². The van der Waals surface area contributed by atoms with E-state index in [9.17, 15) is 22.8 Å². The lowest BCUT2D eigenvalue weighted by Crippen LogP contribution is -2.44. The zero-order chi connectivity index (χ0) is 25.2. The van der Waals surface area contributed by atoms with Gasteiger partial charge in [-0.15, -0.1) is 0 Å². The number of methoxy groups -OCH3 is 2. The fraction of sp³-hybridized carbons (Fsp3) is 0.391. The molecule has 2 aromatic rings. The molecule has 0 saturated carbocycles. The number of fused-ring (bicyclic) bond motifs is 1. The first-order chi connectivity index (χ1) is 16.7. The maximum Gasteiger partial charge on any atom is 0.416 e. The van der Waals surface area contributed by atoms with E-state index in [1.165, 1.54) is 14.2 Å². The second kappa shape index (κ2) is 10.0. The van der Waals surface area contributed by atoms with Crippen LogP contribution in [0.25, 0.3) is 0 Å². The molecular weight excluding hydrogens is 473 g/mol. The average Bonchev–Trinajstić information content (AvgIpc) is 3.41. The molecule has 2 N–H and O–H groups in total. The maximum atomic E-state index is 12.7. The minimum atomic E-state index is -4.49. The first kappa shape index (κ1) is 24.6. The Hall–Kier alpha value is -3.51. The molecule has 0 aliphatic carbocycles. The van der Waals surface area contributed by atoms with Crippen LogP contribution in [0.4, 0.5) is 23.7 Å². The van der Waals surface area contributed by atoms with Crippen molar-refractivity contribution < 1.29 is 46.4 Å². The Bertz CT molecular complexity index is 1060. The van der Waals surface area contributed by atoms with Gasteiger partial charge in [0.2, 0.25) is 0 Å². The summed E-state index contributed by atoms with van der Waals surface area (Å²) in [5.41, 5.74) is -0.376. The molecule has 0 aromatic heterocycles. The number of rotatable bonds is 6. The predicted octanol–water partition coefficient (Wildman–Crippen LogP) is 3.24.